The number of likely N-dealkylation sites (N-methyl/N-ethyl adjacent to an activating group) is 1. The molecule has 1 aromatic heterocycles. The molecule has 0 aromatic carbocycles. The fraction of sp³-hybridized carbons (Fsp3) is 0.667. The minimum absolute atomic E-state index is 0.130. The van der Waals surface area contributed by atoms with Gasteiger partial charge in [-0.2, -0.15) is 5.10 Å². The van der Waals surface area contributed by atoms with Gasteiger partial charge in [0.15, 0.2) is 0 Å². The van der Waals surface area contributed by atoms with Crippen LogP contribution < -0.4 is 0 Å². The second-order valence-corrected chi connectivity index (χ2v) is 4.84. The zero-order valence-electron chi connectivity index (χ0n) is 10.8. The van der Waals surface area contributed by atoms with Crippen molar-refractivity contribution in [3.63, 3.8) is 0 Å². The first-order valence-corrected chi connectivity index (χ1v) is 6.05. The van der Waals surface area contributed by atoms with Crippen molar-refractivity contribution in [3.8, 4) is 0 Å². The van der Waals surface area contributed by atoms with Crippen LogP contribution in [0.25, 0.3) is 0 Å². The van der Waals surface area contributed by atoms with Crippen molar-refractivity contribution in [1.29, 1.82) is 0 Å². The lowest BCUT2D eigenvalue weighted by Gasteiger charge is -2.35. The molecule has 1 aliphatic rings. The summed E-state index contributed by atoms with van der Waals surface area (Å²) in [5, 5.41) is 14.3. The molecule has 1 fully saturated rings. The van der Waals surface area contributed by atoms with E-state index in [-0.39, 0.29) is 5.91 Å². The molecule has 100 valence electrons. The van der Waals surface area contributed by atoms with E-state index < -0.39 is 5.60 Å². The van der Waals surface area contributed by atoms with E-state index in [1.807, 2.05) is 0 Å². The molecule has 6 nitrogen and oxygen atoms in total. The molecule has 0 unspecified atom stereocenters. The number of aryl methyl sites for hydroxylation is 1. The maximum atomic E-state index is 12.2. The summed E-state index contributed by atoms with van der Waals surface area (Å²) in [5.74, 6) is -0.130. The number of aromatic nitrogens is 2. The Hall–Kier alpha value is -1.40. The summed E-state index contributed by atoms with van der Waals surface area (Å²) in [6.07, 6.45) is 2.72. The zero-order valence-corrected chi connectivity index (χ0v) is 10.8. The van der Waals surface area contributed by atoms with Gasteiger partial charge in [-0.05, 0) is 6.07 Å². The lowest BCUT2D eigenvalue weighted by atomic mass is 9.94. The van der Waals surface area contributed by atoms with Crippen LogP contribution in [0.1, 0.15) is 23.3 Å². The normalized spacial score (nSPS) is 18.6. The largest absolute Gasteiger partial charge is 0.388 e. The number of amides is 1. The maximum absolute atomic E-state index is 12.2. The number of hydrogen-bond acceptors (Lipinski definition) is 4. The van der Waals surface area contributed by atoms with Crippen molar-refractivity contribution in [2.24, 2.45) is 7.05 Å². The molecular formula is C12H19N3O3. The van der Waals surface area contributed by atoms with Crippen LogP contribution in [0.3, 0.4) is 0 Å². The Morgan fingerprint density at radius 3 is 2.83 bits per heavy atom. The summed E-state index contributed by atoms with van der Waals surface area (Å²) in [5.41, 5.74) is -0.311. The lowest BCUT2D eigenvalue weighted by molar-refractivity contribution is -0.0735. The molecule has 18 heavy (non-hydrogen) atoms. The van der Waals surface area contributed by atoms with Crippen molar-refractivity contribution >= 4 is 5.91 Å². The minimum atomic E-state index is -0.832. The Labute approximate surface area is 106 Å². The molecule has 6 heteroatoms. The van der Waals surface area contributed by atoms with Gasteiger partial charge in [0.05, 0.1) is 5.60 Å². The lowest BCUT2D eigenvalue weighted by Crippen LogP contribution is -2.47. The molecule has 0 spiro atoms. The van der Waals surface area contributed by atoms with Crippen LogP contribution in [0.15, 0.2) is 12.3 Å². The second-order valence-electron chi connectivity index (χ2n) is 4.84. The molecule has 1 N–H and O–H groups in total. The Balaban J connectivity index is 2.01. The highest BCUT2D eigenvalue weighted by Crippen LogP contribution is 2.21. The highest BCUT2D eigenvalue weighted by molar-refractivity contribution is 5.92. The molecule has 0 bridgehead atoms. The van der Waals surface area contributed by atoms with Gasteiger partial charge in [0, 0.05) is 52.9 Å². The number of hydrogen-bond donors (Lipinski definition) is 1. The van der Waals surface area contributed by atoms with E-state index in [0.29, 0.717) is 38.3 Å². The third-order valence-electron chi connectivity index (χ3n) is 3.34. The number of ether oxygens (including phenoxy) is 1. The van der Waals surface area contributed by atoms with Gasteiger partial charge in [0.2, 0.25) is 0 Å². The van der Waals surface area contributed by atoms with E-state index in [2.05, 4.69) is 5.10 Å². The highest BCUT2D eigenvalue weighted by atomic mass is 16.5. The van der Waals surface area contributed by atoms with Crippen LogP contribution in [0, 0.1) is 0 Å². The van der Waals surface area contributed by atoms with Crippen molar-refractivity contribution in [3.05, 3.63) is 18.0 Å². The predicted octanol–water partition coefficient (Wildman–Crippen LogP) is 0.0336. The van der Waals surface area contributed by atoms with E-state index in [9.17, 15) is 9.90 Å². The van der Waals surface area contributed by atoms with E-state index in [1.54, 1.807) is 31.3 Å². The molecule has 0 atom stereocenters. The molecule has 2 rings (SSSR count). The van der Waals surface area contributed by atoms with Gasteiger partial charge in [0.1, 0.15) is 5.69 Å². The zero-order chi connectivity index (χ0) is 13.2. The fourth-order valence-corrected chi connectivity index (χ4v) is 2.20. The summed E-state index contributed by atoms with van der Waals surface area (Å²) in [6.45, 7) is 1.41. The van der Waals surface area contributed by atoms with Crippen molar-refractivity contribution in [2.45, 2.75) is 18.4 Å². The van der Waals surface area contributed by atoms with Gasteiger partial charge in [-0.25, -0.2) is 0 Å². The standard InChI is InChI=1S/C12H19N3O3/c1-14(9-12(17)4-7-18-8-5-12)11(16)10-3-6-13-15(10)2/h3,6,17H,4-5,7-9H2,1-2H3. The van der Waals surface area contributed by atoms with E-state index in [4.69, 9.17) is 4.74 Å². The van der Waals surface area contributed by atoms with Gasteiger partial charge in [-0.1, -0.05) is 0 Å². The van der Waals surface area contributed by atoms with Gasteiger partial charge in [0.25, 0.3) is 5.91 Å². The predicted molar refractivity (Wildman–Crippen MR) is 65.2 cm³/mol. The highest BCUT2D eigenvalue weighted by Gasteiger charge is 2.32. The van der Waals surface area contributed by atoms with Gasteiger partial charge in [-0.15, -0.1) is 0 Å². The molecule has 1 saturated heterocycles. The number of carbonyl (C=O) groups is 1. The topological polar surface area (TPSA) is 67.6 Å². The van der Waals surface area contributed by atoms with Crippen LogP contribution in [-0.2, 0) is 11.8 Å². The number of rotatable bonds is 3. The van der Waals surface area contributed by atoms with Crippen LogP contribution >= 0.6 is 0 Å². The van der Waals surface area contributed by atoms with Crippen LogP contribution in [0.5, 0.6) is 0 Å². The third-order valence-corrected chi connectivity index (χ3v) is 3.34. The SMILES string of the molecule is CN(CC1(O)CCOCC1)C(=O)c1ccnn1C. The average Bonchev–Trinajstić information content (AvgIpc) is 2.74. The molecule has 0 aliphatic carbocycles. The van der Waals surface area contributed by atoms with Crippen LogP contribution in [0.4, 0.5) is 0 Å². The minimum Gasteiger partial charge on any atom is -0.388 e. The van der Waals surface area contributed by atoms with Crippen molar-refractivity contribution in [2.75, 3.05) is 26.8 Å². The summed E-state index contributed by atoms with van der Waals surface area (Å²) >= 11 is 0. The van der Waals surface area contributed by atoms with E-state index in [0.717, 1.165) is 0 Å². The Morgan fingerprint density at radius 2 is 2.28 bits per heavy atom. The summed E-state index contributed by atoms with van der Waals surface area (Å²) < 4.78 is 6.76. The molecule has 0 saturated carbocycles. The summed E-state index contributed by atoms with van der Waals surface area (Å²) in [7, 11) is 3.42. The fourth-order valence-electron chi connectivity index (χ4n) is 2.20. The van der Waals surface area contributed by atoms with E-state index in [1.165, 1.54) is 4.68 Å². The third kappa shape index (κ3) is 2.70. The monoisotopic (exact) mass is 253 g/mol. The maximum Gasteiger partial charge on any atom is 0.271 e. The molecule has 0 radical (unpaired) electrons. The Kier molecular flexibility index (Phi) is 3.68. The quantitative estimate of drug-likeness (QED) is 0.825. The summed E-state index contributed by atoms with van der Waals surface area (Å²) in [6, 6.07) is 1.67. The van der Waals surface area contributed by atoms with Crippen molar-refractivity contribution < 1.29 is 14.6 Å². The van der Waals surface area contributed by atoms with Gasteiger partial charge < -0.3 is 14.7 Å². The number of aliphatic hydroxyl groups is 1. The number of carbonyl (C=O) groups excluding carboxylic acids is 1. The van der Waals surface area contributed by atoms with Crippen LogP contribution in [-0.4, -0.2) is 58.1 Å². The Bertz CT molecular complexity index is 424. The molecule has 1 aromatic rings. The van der Waals surface area contributed by atoms with Gasteiger partial charge in [-0.3, -0.25) is 9.48 Å². The molecule has 2 heterocycles. The first kappa shape index (κ1) is 13.0. The smallest absolute Gasteiger partial charge is 0.271 e. The molecule has 1 aliphatic heterocycles. The number of nitrogens with zero attached hydrogens (tertiary/aromatic N) is 3. The summed E-state index contributed by atoms with van der Waals surface area (Å²) in [4.78, 5) is 13.7. The average molecular weight is 253 g/mol. The Morgan fingerprint density at radius 1 is 1.61 bits per heavy atom. The molecule has 1 amide bonds. The first-order chi connectivity index (χ1) is 8.52. The molecular weight excluding hydrogens is 234 g/mol. The van der Waals surface area contributed by atoms with Gasteiger partial charge >= 0.3 is 0 Å². The first-order valence-electron chi connectivity index (χ1n) is 6.05. The second kappa shape index (κ2) is 5.07. The van der Waals surface area contributed by atoms with Crippen molar-refractivity contribution in [1.82, 2.24) is 14.7 Å². The van der Waals surface area contributed by atoms with E-state index >= 15 is 0 Å². The van der Waals surface area contributed by atoms with Crippen LogP contribution in [0.2, 0.25) is 0 Å².